The molecule has 1 heterocycles. The van der Waals surface area contributed by atoms with E-state index in [4.69, 9.17) is 0 Å². The van der Waals surface area contributed by atoms with E-state index in [1.165, 1.54) is 19.3 Å². The third-order valence-corrected chi connectivity index (χ3v) is 3.27. The van der Waals surface area contributed by atoms with E-state index in [-0.39, 0.29) is 5.91 Å². The van der Waals surface area contributed by atoms with E-state index in [2.05, 4.69) is 33.2 Å². The number of hydrogen-bond donors (Lipinski definition) is 1. The Morgan fingerprint density at radius 2 is 2.00 bits per heavy atom. The van der Waals surface area contributed by atoms with Crippen molar-refractivity contribution in [2.24, 2.45) is 0 Å². The summed E-state index contributed by atoms with van der Waals surface area (Å²) in [5, 5.41) is 2.91. The van der Waals surface area contributed by atoms with Crippen molar-refractivity contribution >= 4 is 27.5 Å². The van der Waals surface area contributed by atoms with Gasteiger partial charge in [-0.15, -0.1) is 0 Å². The zero-order valence-electron chi connectivity index (χ0n) is 11.1. The normalized spacial score (nSPS) is 10.4. The number of hydrogen-bond acceptors (Lipinski definition) is 2. The minimum absolute atomic E-state index is 0.0821. The van der Waals surface area contributed by atoms with Crippen LogP contribution in [-0.4, -0.2) is 10.9 Å². The topological polar surface area (TPSA) is 42.0 Å². The van der Waals surface area contributed by atoms with Crippen LogP contribution >= 0.6 is 15.9 Å². The lowest BCUT2D eigenvalue weighted by Gasteiger charge is -2.07. The van der Waals surface area contributed by atoms with Gasteiger partial charge in [-0.05, 0) is 41.4 Å². The third kappa shape index (κ3) is 5.63. The van der Waals surface area contributed by atoms with Crippen LogP contribution in [-0.2, 0) is 4.79 Å². The summed E-state index contributed by atoms with van der Waals surface area (Å²) >= 11 is 3.30. The van der Waals surface area contributed by atoms with Crippen molar-refractivity contribution in [2.75, 3.05) is 5.32 Å². The quantitative estimate of drug-likeness (QED) is 0.597. The molecule has 0 radical (unpaired) electrons. The molecular formula is C14H21BrN2O. The maximum absolute atomic E-state index is 11.7. The molecular weight excluding hydrogens is 292 g/mol. The molecule has 0 bridgehead atoms. The lowest BCUT2D eigenvalue weighted by Crippen LogP contribution is -2.12. The van der Waals surface area contributed by atoms with Gasteiger partial charge in [0, 0.05) is 6.42 Å². The highest BCUT2D eigenvalue weighted by atomic mass is 79.9. The molecule has 4 heteroatoms. The number of nitrogens with zero attached hydrogens (tertiary/aromatic N) is 1. The molecule has 1 N–H and O–H groups in total. The van der Waals surface area contributed by atoms with Crippen molar-refractivity contribution in [3.05, 3.63) is 22.4 Å². The predicted octanol–water partition coefficient (Wildman–Crippen LogP) is 4.45. The number of aryl methyl sites for hydroxylation is 1. The average molecular weight is 313 g/mol. The van der Waals surface area contributed by atoms with Gasteiger partial charge in [-0.2, -0.15) is 0 Å². The number of nitrogens with one attached hydrogen (secondary N) is 1. The molecule has 3 nitrogen and oxygen atoms in total. The molecule has 0 fully saturated rings. The fourth-order valence-corrected chi connectivity index (χ4v) is 2.16. The number of pyridine rings is 1. The summed E-state index contributed by atoms with van der Waals surface area (Å²) < 4.78 is 0.789. The van der Waals surface area contributed by atoms with E-state index in [1.54, 1.807) is 0 Å². The number of halogens is 1. The SMILES string of the molecule is CCCCCCCC(=O)Nc1ccc(Br)nc1C. The second-order valence-electron chi connectivity index (χ2n) is 4.48. The molecule has 1 aromatic rings. The van der Waals surface area contributed by atoms with Crippen molar-refractivity contribution in [3.63, 3.8) is 0 Å². The molecule has 0 saturated heterocycles. The van der Waals surface area contributed by atoms with Crippen molar-refractivity contribution in [1.82, 2.24) is 4.98 Å². The van der Waals surface area contributed by atoms with Gasteiger partial charge in [0.25, 0.3) is 0 Å². The zero-order chi connectivity index (χ0) is 13.4. The number of amides is 1. The summed E-state index contributed by atoms with van der Waals surface area (Å²) in [4.78, 5) is 16.0. The van der Waals surface area contributed by atoms with Crippen molar-refractivity contribution in [3.8, 4) is 0 Å². The molecule has 0 aromatic carbocycles. The van der Waals surface area contributed by atoms with E-state index in [9.17, 15) is 4.79 Å². The van der Waals surface area contributed by atoms with Crippen LogP contribution in [0.1, 0.15) is 51.1 Å². The minimum Gasteiger partial charge on any atom is -0.325 e. The lowest BCUT2D eigenvalue weighted by molar-refractivity contribution is -0.116. The Morgan fingerprint density at radius 3 is 2.67 bits per heavy atom. The largest absolute Gasteiger partial charge is 0.325 e. The Bertz CT molecular complexity index is 393. The van der Waals surface area contributed by atoms with Crippen LogP contribution in [0.3, 0.4) is 0 Å². The van der Waals surface area contributed by atoms with Gasteiger partial charge in [0.15, 0.2) is 0 Å². The second-order valence-corrected chi connectivity index (χ2v) is 5.29. The first-order valence-electron chi connectivity index (χ1n) is 6.56. The predicted molar refractivity (Wildman–Crippen MR) is 78.7 cm³/mol. The third-order valence-electron chi connectivity index (χ3n) is 2.83. The van der Waals surface area contributed by atoms with Gasteiger partial charge >= 0.3 is 0 Å². The van der Waals surface area contributed by atoms with E-state index >= 15 is 0 Å². The fraction of sp³-hybridized carbons (Fsp3) is 0.571. The molecule has 0 atom stereocenters. The van der Waals surface area contributed by atoms with Crippen LogP contribution < -0.4 is 5.32 Å². The summed E-state index contributed by atoms with van der Waals surface area (Å²) in [6, 6.07) is 3.71. The van der Waals surface area contributed by atoms with E-state index < -0.39 is 0 Å². The first-order valence-corrected chi connectivity index (χ1v) is 7.35. The molecule has 1 amide bonds. The summed E-state index contributed by atoms with van der Waals surface area (Å²) in [6.45, 7) is 4.08. The highest BCUT2D eigenvalue weighted by Crippen LogP contribution is 2.16. The van der Waals surface area contributed by atoms with Gasteiger partial charge in [0.05, 0.1) is 11.4 Å². The van der Waals surface area contributed by atoms with Crippen LogP contribution in [0.4, 0.5) is 5.69 Å². The summed E-state index contributed by atoms with van der Waals surface area (Å²) in [5.41, 5.74) is 1.64. The Kier molecular flexibility index (Phi) is 6.94. The maximum atomic E-state index is 11.7. The molecule has 0 aliphatic carbocycles. The molecule has 18 heavy (non-hydrogen) atoms. The van der Waals surface area contributed by atoms with Gasteiger partial charge in [-0.1, -0.05) is 32.6 Å². The Labute approximate surface area is 118 Å². The molecule has 0 aliphatic rings. The summed E-state index contributed by atoms with van der Waals surface area (Å²) in [5.74, 6) is 0.0821. The van der Waals surface area contributed by atoms with Crippen LogP contribution in [0.5, 0.6) is 0 Å². The first-order chi connectivity index (χ1) is 8.63. The smallest absolute Gasteiger partial charge is 0.224 e. The van der Waals surface area contributed by atoms with Crippen LogP contribution in [0.2, 0.25) is 0 Å². The molecule has 0 saturated carbocycles. The van der Waals surface area contributed by atoms with Crippen LogP contribution in [0.15, 0.2) is 16.7 Å². The van der Waals surface area contributed by atoms with Crippen molar-refractivity contribution in [2.45, 2.75) is 52.4 Å². The Hall–Kier alpha value is -0.900. The number of anilines is 1. The van der Waals surface area contributed by atoms with Crippen LogP contribution in [0.25, 0.3) is 0 Å². The van der Waals surface area contributed by atoms with Crippen molar-refractivity contribution < 1.29 is 4.79 Å². The number of rotatable bonds is 7. The summed E-state index contributed by atoms with van der Waals surface area (Å²) in [7, 11) is 0. The lowest BCUT2D eigenvalue weighted by atomic mass is 10.1. The number of aromatic nitrogens is 1. The van der Waals surface area contributed by atoms with Crippen LogP contribution in [0, 0.1) is 6.92 Å². The average Bonchev–Trinajstić information content (AvgIpc) is 2.32. The highest BCUT2D eigenvalue weighted by molar-refractivity contribution is 9.10. The second kappa shape index (κ2) is 8.25. The molecule has 0 aliphatic heterocycles. The van der Waals surface area contributed by atoms with Crippen molar-refractivity contribution in [1.29, 1.82) is 0 Å². The molecule has 100 valence electrons. The first kappa shape index (κ1) is 15.2. The highest BCUT2D eigenvalue weighted by Gasteiger charge is 2.05. The van der Waals surface area contributed by atoms with E-state index in [0.29, 0.717) is 6.42 Å². The molecule has 1 aromatic heterocycles. The standard InChI is InChI=1S/C14H21BrN2O/c1-3-4-5-6-7-8-14(18)17-12-9-10-13(15)16-11(12)2/h9-10H,3-8H2,1-2H3,(H,17,18). The fourth-order valence-electron chi connectivity index (χ4n) is 1.76. The number of carbonyl (C=O) groups is 1. The molecule has 1 rings (SSSR count). The van der Waals surface area contributed by atoms with Gasteiger partial charge in [0.1, 0.15) is 4.60 Å². The Morgan fingerprint density at radius 1 is 1.28 bits per heavy atom. The maximum Gasteiger partial charge on any atom is 0.224 e. The number of unbranched alkanes of at least 4 members (excludes halogenated alkanes) is 4. The van der Waals surface area contributed by atoms with Gasteiger partial charge in [-0.25, -0.2) is 4.98 Å². The monoisotopic (exact) mass is 312 g/mol. The zero-order valence-corrected chi connectivity index (χ0v) is 12.7. The Balaban J connectivity index is 2.31. The van der Waals surface area contributed by atoms with Gasteiger partial charge < -0.3 is 5.32 Å². The van der Waals surface area contributed by atoms with Gasteiger partial charge in [0.2, 0.25) is 5.91 Å². The molecule has 0 unspecified atom stereocenters. The molecule has 0 spiro atoms. The minimum atomic E-state index is 0.0821. The van der Waals surface area contributed by atoms with Gasteiger partial charge in [-0.3, -0.25) is 4.79 Å². The number of carbonyl (C=O) groups excluding carboxylic acids is 1. The van der Waals surface area contributed by atoms with E-state index in [0.717, 1.165) is 28.8 Å². The summed E-state index contributed by atoms with van der Waals surface area (Å²) in [6.07, 6.45) is 6.42. The van der Waals surface area contributed by atoms with E-state index in [1.807, 2.05) is 19.1 Å².